The zero-order valence-electron chi connectivity index (χ0n) is 9.90. The number of carbonyl (C=O) groups excluding carboxylic acids is 2. The summed E-state index contributed by atoms with van der Waals surface area (Å²) in [7, 11) is 1.31. The molecule has 1 unspecified atom stereocenters. The number of methoxy groups -OCH3 is 1. The Balaban J connectivity index is 2.72. The topological polar surface area (TPSA) is 81.4 Å². The van der Waals surface area contributed by atoms with Crippen molar-refractivity contribution < 1.29 is 14.3 Å². The van der Waals surface area contributed by atoms with E-state index in [1.165, 1.54) is 7.11 Å². The second kappa shape index (κ2) is 6.00. The van der Waals surface area contributed by atoms with Crippen LogP contribution in [0.1, 0.15) is 23.7 Å². The normalized spacial score (nSPS) is 11.7. The van der Waals surface area contributed by atoms with Gasteiger partial charge >= 0.3 is 5.97 Å². The van der Waals surface area contributed by atoms with E-state index in [-0.39, 0.29) is 18.4 Å². The van der Waals surface area contributed by atoms with E-state index in [1.54, 1.807) is 31.2 Å². The summed E-state index contributed by atoms with van der Waals surface area (Å²) in [6.07, 6.45) is 0.239. The zero-order valence-corrected chi connectivity index (χ0v) is 9.90. The molecule has 0 spiro atoms. The highest BCUT2D eigenvalue weighted by Crippen LogP contribution is 2.12. The Hall–Kier alpha value is -1.88. The van der Waals surface area contributed by atoms with Crippen LogP contribution in [0.4, 0.5) is 5.69 Å². The SMILES string of the molecule is COC(=O)c1cccc(NC(=O)CC(C)N)c1. The number of benzene rings is 1. The van der Waals surface area contributed by atoms with Crippen LogP contribution in [-0.2, 0) is 9.53 Å². The number of hydrogen-bond donors (Lipinski definition) is 2. The molecule has 0 saturated carbocycles. The Morgan fingerprint density at radius 2 is 2.18 bits per heavy atom. The highest BCUT2D eigenvalue weighted by molar-refractivity contribution is 5.94. The smallest absolute Gasteiger partial charge is 0.337 e. The molecule has 5 nitrogen and oxygen atoms in total. The van der Waals surface area contributed by atoms with Gasteiger partial charge in [-0.15, -0.1) is 0 Å². The molecule has 0 heterocycles. The van der Waals surface area contributed by atoms with Crippen LogP contribution in [0.3, 0.4) is 0 Å². The largest absolute Gasteiger partial charge is 0.465 e. The Bertz CT molecular complexity index is 416. The molecule has 0 aliphatic heterocycles. The second-order valence-electron chi connectivity index (χ2n) is 3.80. The molecule has 17 heavy (non-hydrogen) atoms. The number of hydrogen-bond acceptors (Lipinski definition) is 4. The van der Waals surface area contributed by atoms with Gasteiger partial charge in [-0.25, -0.2) is 4.79 Å². The number of ether oxygens (including phenoxy) is 1. The molecule has 3 N–H and O–H groups in total. The molecule has 1 aromatic carbocycles. The van der Waals surface area contributed by atoms with Gasteiger partial charge in [-0.1, -0.05) is 6.07 Å². The summed E-state index contributed by atoms with van der Waals surface area (Å²) in [6.45, 7) is 1.75. The van der Waals surface area contributed by atoms with Gasteiger partial charge in [0.2, 0.25) is 5.91 Å². The highest BCUT2D eigenvalue weighted by atomic mass is 16.5. The lowest BCUT2D eigenvalue weighted by Crippen LogP contribution is -2.24. The number of carbonyl (C=O) groups is 2. The molecule has 1 aromatic rings. The van der Waals surface area contributed by atoms with Crippen molar-refractivity contribution in [3.05, 3.63) is 29.8 Å². The van der Waals surface area contributed by atoms with Gasteiger partial charge in [0.15, 0.2) is 0 Å². The molecule has 92 valence electrons. The molecule has 0 radical (unpaired) electrons. The average Bonchev–Trinajstić information content (AvgIpc) is 2.27. The Labute approximate surface area is 99.9 Å². The molecule has 0 aromatic heterocycles. The molecule has 1 atom stereocenters. The molecule has 0 bridgehead atoms. The standard InChI is InChI=1S/C12H16N2O3/c1-8(13)6-11(15)14-10-5-3-4-9(7-10)12(16)17-2/h3-5,7-8H,6,13H2,1-2H3,(H,14,15). The van der Waals surface area contributed by atoms with Crippen LogP contribution in [0, 0.1) is 0 Å². The lowest BCUT2D eigenvalue weighted by atomic mass is 10.2. The van der Waals surface area contributed by atoms with E-state index < -0.39 is 5.97 Å². The van der Waals surface area contributed by atoms with Crippen LogP contribution in [0.2, 0.25) is 0 Å². The van der Waals surface area contributed by atoms with Gasteiger partial charge in [-0.2, -0.15) is 0 Å². The molecule has 0 saturated heterocycles. The number of rotatable bonds is 4. The summed E-state index contributed by atoms with van der Waals surface area (Å²) in [5.74, 6) is -0.615. The number of anilines is 1. The van der Waals surface area contributed by atoms with Gasteiger partial charge in [0.05, 0.1) is 12.7 Å². The molecular formula is C12H16N2O3. The van der Waals surface area contributed by atoms with Crippen LogP contribution in [0.15, 0.2) is 24.3 Å². The van der Waals surface area contributed by atoms with E-state index in [0.29, 0.717) is 11.3 Å². The number of amides is 1. The van der Waals surface area contributed by atoms with Gasteiger partial charge in [-0.3, -0.25) is 4.79 Å². The number of nitrogens with one attached hydrogen (secondary N) is 1. The van der Waals surface area contributed by atoms with Gasteiger partial charge in [-0.05, 0) is 25.1 Å². The van der Waals surface area contributed by atoms with Crippen molar-refractivity contribution in [3.63, 3.8) is 0 Å². The summed E-state index contributed by atoms with van der Waals surface area (Å²) in [5.41, 5.74) is 6.46. The summed E-state index contributed by atoms with van der Waals surface area (Å²) in [5, 5.41) is 2.67. The number of nitrogens with two attached hydrogens (primary N) is 1. The van der Waals surface area contributed by atoms with Crippen molar-refractivity contribution >= 4 is 17.6 Å². The lowest BCUT2D eigenvalue weighted by molar-refractivity contribution is -0.116. The van der Waals surface area contributed by atoms with E-state index in [0.717, 1.165) is 0 Å². The van der Waals surface area contributed by atoms with Crippen molar-refractivity contribution in [1.82, 2.24) is 0 Å². The summed E-state index contributed by atoms with van der Waals surface area (Å²) >= 11 is 0. The maximum atomic E-state index is 11.5. The molecule has 0 aliphatic rings. The third kappa shape index (κ3) is 4.24. The van der Waals surface area contributed by atoms with Crippen molar-refractivity contribution in [2.45, 2.75) is 19.4 Å². The zero-order chi connectivity index (χ0) is 12.8. The summed E-state index contributed by atoms with van der Waals surface area (Å²) in [6, 6.07) is 6.36. The first-order valence-electron chi connectivity index (χ1n) is 5.26. The third-order valence-electron chi connectivity index (χ3n) is 2.07. The van der Waals surface area contributed by atoms with Crippen LogP contribution in [0.5, 0.6) is 0 Å². The van der Waals surface area contributed by atoms with E-state index >= 15 is 0 Å². The Morgan fingerprint density at radius 1 is 1.47 bits per heavy atom. The highest BCUT2D eigenvalue weighted by Gasteiger charge is 2.08. The monoisotopic (exact) mass is 236 g/mol. The minimum absolute atomic E-state index is 0.179. The first kappa shape index (κ1) is 13.2. The van der Waals surface area contributed by atoms with E-state index in [4.69, 9.17) is 5.73 Å². The van der Waals surface area contributed by atoms with Gasteiger partial charge in [0.1, 0.15) is 0 Å². The van der Waals surface area contributed by atoms with Gasteiger partial charge < -0.3 is 15.8 Å². The van der Waals surface area contributed by atoms with Crippen LogP contribution in [-0.4, -0.2) is 25.0 Å². The maximum absolute atomic E-state index is 11.5. The van der Waals surface area contributed by atoms with Crippen molar-refractivity contribution in [2.24, 2.45) is 5.73 Å². The first-order valence-corrected chi connectivity index (χ1v) is 5.26. The van der Waals surface area contributed by atoms with E-state index in [2.05, 4.69) is 10.1 Å². The predicted molar refractivity (Wildman–Crippen MR) is 64.7 cm³/mol. The Morgan fingerprint density at radius 3 is 2.76 bits per heavy atom. The van der Waals surface area contributed by atoms with Crippen LogP contribution in [0.25, 0.3) is 0 Å². The summed E-state index contributed by atoms with van der Waals surface area (Å²) in [4.78, 5) is 22.7. The van der Waals surface area contributed by atoms with Crippen molar-refractivity contribution in [1.29, 1.82) is 0 Å². The maximum Gasteiger partial charge on any atom is 0.337 e. The molecule has 1 rings (SSSR count). The van der Waals surface area contributed by atoms with Gasteiger partial charge in [0.25, 0.3) is 0 Å². The van der Waals surface area contributed by atoms with E-state index in [1.807, 2.05) is 0 Å². The molecule has 5 heteroatoms. The molecular weight excluding hydrogens is 220 g/mol. The van der Waals surface area contributed by atoms with Crippen LogP contribution >= 0.6 is 0 Å². The van der Waals surface area contributed by atoms with Crippen molar-refractivity contribution in [3.8, 4) is 0 Å². The average molecular weight is 236 g/mol. The fourth-order valence-electron chi connectivity index (χ4n) is 1.35. The van der Waals surface area contributed by atoms with Gasteiger partial charge in [0, 0.05) is 18.2 Å². The third-order valence-corrected chi connectivity index (χ3v) is 2.07. The first-order chi connectivity index (χ1) is 8.02. The minimum atomic E-state index is -0.437. The van der Waals surface area contributed by atoms with Crippen molar-refractivity contribution in [2.75, 3.05) is 12.4 Å². The quantitative estimate of drug-likeness (QED) is 0.768. The van der Waals surface area contributed by atoms with Crippen LogP contribution < -0.4 is 11.1 Å². The molecule has 0 fully saturated rings. The predicted octanol–water partition coefficient (Wildman–Crippen LogP) is 1.15. The number of esters is 1. The fourth-order valence-corrected chi connectivity index (χ4v) is 1.35. The molecule has 0 aliphatic carbocycles. The second-order valence-corrected chi connectivity index (χ2v) is 3.80. The van der Waals surface area contributed by atoms with E-state index in [9.17, 15) is 9.59 Å². The fraction of sp³-hybridized carbons (Fsp3) is 0.333. The Kier molecular flexibility index (Phi) is 4.66. The molecule has 1 amide bonds. The lowest BCUT2D eigenvalue weighted by Gasteiger charge is -2.08. The summed E-state index contributed by atoms with van der Waals surface area (Å²) < 4.78 is 4.59. The minimum Gasteiger partial charge on any atom is -0.465 e.